The van der Waals surface area contributed by atoms with Crippen LogP contribution in [0.3, 0.4) is 0 Å². The molecule has 60 heavy (non-hydrogen) atoms. The van der Waals surface area contributed by atoms with E-state index in [-0.39, 0.29) is 90.8 Å². The number of hydrogen-bond acceptors (Lipinski definition) is 10. The van der Waals surface area contributed by atoms with Crippen molar-refractivity contribution in [2.75, 3.05) is 0 Å². The third-order valence-electron chi connectivity index (χ3n) is 14.7. The number of cyclic esters (lactones) is 1. The van der Waals surface area contributed by atoms with Gasteiger partial charge in [0.15, 0.2) is 0 Å². The Hall–Kier alpha value is -3.24. The first-order valence-corrected chi connectivity index (χ1v) is 23.2. The lowest BCUT2D eigenvalue weighted by atomic mass is 9.65. The molecule has 0 saturated carbocycles. The van der Waals surface area contributed by atoms with E-state index in [9.17, 15) is 29.4 Å². The van der Waals surface area contributed by atoms with E-state index in [0.29, 0.717) is 38.5 Å². The number of fused-ring (bicyclic) bond motifs is 2. The molecule has 0 aromatic rings. The van der Waals surface area contributed by atoms with Gasteiger partial charge in [-0.2, -0.15) is 0 Å². The van der Waals surface area contributed by atoms with Gasteiger partial charge >= 0.3 is 23.9 Å². The van der Waals surface area contributed by atoms with Crippen molar-refractivity contribution in [1.29, 1.82) is 0 Å². The fourth-order valence-corrected chi connectivity index (χ4v) is 10.1. The van der Waals surface area contributed by atoms with E-state index in [1.807, 2.05) is 41.5 Å². The molecule has 10 nitrogen and oxygen atoms in total. The molecule has 4 aliphatic carbocycles. The normalized spacial score (nSPS) is 33.9. The van der Waals surface area contributed by atoms with Crippen LogP contribution in [0.5, 0.6) is 0 Å². The van der Waals surface area contributed by atoms with Gasteiger partial charge in [0.05, 0.1) is 35.9 Å². The molecule has 0 aromatic carbocycles. The van der Waals surface area contributed by atoms with Crippen LogP contribution < -0.4 is 0 Å². The molecule has 1 fully saturated rings. The van der Waals surface area contributed by atoms with Gasteiger partial charge in [-0.3, -0.25) is 19.2 Å². The lowest BCUT2D eigenvalue weighted by Crippen LogP contribution is -2.43. The van der Waals surface area contributed by atoms with Gasteiger partial charge in [0, 0.05) is 18.3 Å². The lowest BCUT2D eigenvalue weighted by molar-refractivity contribution is -0.172. The van der Waals surface area contributed by atoms with Crippen LogP contribution in [-0.4, -0.2) is 70.7 Å². The lowest BCUT2D eigenvalue weighted by Gasteiger charge is -2.44. The summed E-state index contributed by atoms with van der Waals surface area (Å²) < 4.78 is 24.0. The van der Waals surface area contributed by atoms with Gasteiger partial charge in [-0.15, -0.1) is 0 Å². The Labute approximate surface area is 360 Å². The molecule has 1 heterocycles. The average Bonchev–Trinajstić information content (AvgIpc) is 3.16. The standard InChI is InChI=1S/C50H76O10/c1-11-49(7,8)47(55)59-41-23-29(3)21-33-15-13-31(5)39(45(33)41)19-17-35(51)25-36(52)26-43(53)58-38-27-37(57-44(54)28-38)18-20-40-32(6)14-16-34-22-30(4)24-42(46(34)40)60-48(56)50(9,10)12-2/h13-16,21-22,29-32,35-42,45-46,51-52H,11-12,17-20,23-28H2,1-10H3/t29-,30-,31-,32-,35+,36+,37+,38+,39-,40-,41-,42-,45-,46-/m1/s1. The minimum Gasteiger partial charge on any atom is -0.462 e. The Balaban J connectivity index is 1.11. The zero-order valence-electron chi connectivity index (χ0n) is 38.2. The fraction of sp³-hybridized carbons (Fsp3) is 0.760. The minimum absolute atomic E-state index is 0.0194. The van der Waals surface area contributed by atoms with Crippen LogP contribution in [0.1, 0.15) is 146 Å². The molecule has 0 bridgehead atoms. The zero-order chi connectivity index (χ0) is 44.1. The van der Waals surface area contributed by atoms with Crippen molar-refractivity contribution in [3.63, 3.8) is 0 Å². The SMILES string of the molecule is CCC(C)(C)C(=O)O[C@@H]1C[C@H](C)C=C2C=C[C@@H](C)[C@@H](CC[C@H](O)C[C@H](O)CC(=O)O[C@@H]3CC(=O)O[C@@H](CC[C@H]4[C@H]5C(=C[C@@H](C)C[C@H]5OC(=O)C(C)(C)CC)C=C[C@H]4C)C3)[C@@H]21. The molecule has 1 saturated heterocycles. The first-order valence-electron chi connectivity index (χ1n) is 23.2. The highest BCUT2D eigenvalue weighted by atomic mass is 16.6. The van der Waals surface area contributed by atoms with Crippen molar-refractivity contribution in [2.45, 2.75) is 183 Å². The van der Waals surface area contributed by atoms with Crippen molar-refractivity contribution in [2.24, 2.45) is 58.2 Å². The summed E-state index contributed by atoms with van der Waals surface area (Å²) in [6.07, 6.45) is 15.2. The predicted octanol–water partition coefficient (Wildman–Crippen LogP) is 9.17. The number of carbonyl (C=O) groups is 4. The van der Waals surface area contributed by atoms with Crippen molar-refractivity contribution < 1.29 is 48.3 Å². The van der Waals surface area contributed by atoms with E-state index >= 15 is 0 Å². The van der Waals surface area contributed by atoms with Crippen LogP contribution in [0.4, 0.5) is 0 Å². The Morgan fingerprint density at radius 1 is 0.733 bits per heavy atom. The molecule has 0 aromatic heterocycles. The molecule has 5 rings (SSSR count). The second-order valence-electron chi connectivity index (χ2n) is 20.5. The molecule has 2 N–H and O–H groups in total. The summed E-state index contributed by atoms with van der Waals surface area (Å²) in [5.41, 5.74) is 1.26. The van der Waals surface area contributed by atoms with Crippen LogP contribution in [0.15, 0.2) is 47.6 Å². The molecular weight excluding hydrogens is 761 g/mol. The number of esters is 4. The summed E-state index contributed by atoms with van der Waals surface area (Å²) in [6.45, 7) is 20.3. The molecule has 0 unspecified atom stereocenters. The van der Waals surface area contributed by atoms with Crippen LogP contribution in [0.25, 0.3) is 0 Å². The van der Waals surface area contributed by atoms with E-state index in [1.165, 1.54) is 11.1 Å². The maximum atomic E-state index is 13.2. The first-order chi connectivity index (χ1) is 28.2. The third-order valence-corrected chi connectivity index (χ3v) is 14.7. The maximum absolute atomic E-state index is 13.2. The van der Waals surface area contributed by atoms with Gasteiger partial charge < -0.3 is 29.2 Å². The molecule has 5 aliphatic rings. The van der Waals surface area contributed by atoms with Crippen LogP contribution >= 0.6 is 0 Å². The second-order valence-corrected chi connectivity index (χ2v) is 20.5. The Kier molecular flexibility index (Phi) is 16.2. The number of aliphatic hydroxyl groups is 2. The summed E-state index contributed by atoms with van der Waals surface area (Å²) in [7, 11) is 0. The topological polar surface area (TPSA) is 146 Å². The number of hydrogen-bond donors (Lipinski definition) is 2. The van der Waals surface area contributed by atoms with Gasteiger partial charge in [0.2, 0.25) is 0 Å². The van der Waals surface area contributed by atoms with Gasteiger partial charge in [-0.1, -0.05) is 78.0 Å². The van der Waals surface area contributed by atoms with Crippen LogP contribution in [0.2, 0.25) is 0 Å². The summed E-state index contributed by atoms with van der Waals surface area (Å²) in [5, 5.41) is 22.0. The summed E-state index contributed by atoms with van der Waals surface area (Å²) in [6, 6.07) is 0. The zero-order valence-corrected chi connectivity index (χ0v) is 38.2. The third kappa shape index (κ3) is 12.0. The summed E-state index contributed by atoms with van der Waals surface area (Å²) in [5.74, 6) is 0.0528. The van der Waals surface area contributed by atoms with Crippen molar-refractivity contribution in [1.82, 2.24) is 0 Å². The number of aliphatic hydroxyl groups excluding tert-OH is 2. The molecule has 10 heteroatoms. The van der Waals surface area contributed by atoms with E-state index in [4.69, 9.17) is 18.9 Å². The Morgan fingerprint density at radius 2 is 1.23 bits per heavy atom. The Bertz CT molecular complexity index is 1650. The van der Waals surface area contributed by atoms with Gasteiger partial charge in [-0.25, -0.2) is 0 Å². The predicted molar refractivity (Wildman–Crippen MR) is 231 cm³/mol. The number of rotatable bonds is 17. The molecule has 14 atom stereocenters. The van der Waals surface area contributed by atoms with Crippen molar-refractivity contribution in [3.8, 4) is 0 Å². The van der Waals surface area contributed by atoms with Crippen molar-refractivity contribution >= 4 is 23.9 Å². The smallest absolute Gasteiger partial charge is 0.311 e. The fourth-order valence-electron chi connectivity index (χ4n) is 10.1. The molecule has 0 spiro atoms. The molecule has 1 aliphatic heterocycles. The quantitative estimate of drug-likeness (QED) is 0.107. The highest BCUT2D eigenvalue weighted by Crippen LogP contribution is 2.47. The van der Waals surface area contributed by atoms with E-state index in [2.05, 4.69) is 64.2 Å². The highest BCUT2D eigenvalue weighted by Gasteiger charge is 2.45. The summed E-state index contributed by atoms with van der Waals surface area (Å²) >= 11 is 0. The number of allylic oxidation sites excluding steroid dienone is 6. The Morgan fingerprint density at radius 3 is 1.73 bits per heavy atom. The molecule has 0 amide bonds. The van der Waals surface area contributed by atoms with E-state index in [0.717, 1.165) is 19.3 Å². The molecular formula is C50H76O10. The monoisotopic (exact) mass is 837 g/mol. The van der Waals surface area contributed by atoms with Gasteiger partial charge in [-0.05, 0) is 132 Å². The van der Waals surface area contributed by atoms with Gasteiger partial charge in [0.1, 0.15) is 24.4 Å². The van der Waals surface area contributed by atoms with Crippen LogP contribution in [0, 0.1) is 58.2 Å². The van der Waals surface area contributed by atoms with E-state index < -0.39 is 47.2 Å². The number of ether oxygens (including phenoxy) is 4. The first kappa shape index (κ1) is 47.8. The summed E-state index contributed by atoms with van der Waals surface area (Å²) in [4.78, 5) is 52.3. The largest absolute Gasteiger partial charge is 0.462 e. The van der Waals surface area contributed by atoms with E-state index in [1.54, 1.807) is 0 Å². The second kappa shape index (κ2) is 20.3. The maximum Gasteiger partial charge on any atom is 0.311 e. The molecule has 336 valence electrons. The highest BCUT2D eigenvalue weighted by molar-refractivity contribution is 5.76. The van der Waals surface area contributed by atoms with Gasteiger partial charge in [0.25, 0.3) is 0 Å². The molecule has 0 radical (unpaired) electrons. The average molecular weight is 837 g/mol. The van der Waals surface area contributed by atoms with Crippen LogP contribution in [-0.2, 0) is 38.1 Å². The number of carbonyl (C=O) groups excluding carboxylic acids is 4. The minimum atomic E-state index is -1.11. The van der Waals surface area contributed by atoms with Crippen molar-refractivity contribution in [3.05, 3.63) is 47.6 Å².